The summed E-state index contributed by atoms with van der Waals surface area (Å²) in [4.78, 5) is 19.4. The highest BCUT2D eigenvalue weighted by Crippen LogP contribution is 2.30. The van der Waals surface area contributed by atoms with Crippen molar-refractivity contribution in [2.24, 2.45) is 0 Å². The molecule has 1 saturated heterocycles. The van der Waals surface area contributed by atoms with Gasteiger partial charge in [0.05, 0.1) is 16.2 Å². The van der Waals surface area contributed by atoms with Gasteiger partial charge in [0, 0.05) is 24.7 Å². The number of aromatic amines is 1. The first-order valence-corrected chi connectivity index (χ1v) is 11.6. The van der Waals surface area contributed by atoms with Gasteiger partial charge in [-0.15, -0.1) is 0 Å². The van der Waals surface area contributed by atoms with Gasteiger partial charge in [0.25, 0.3) is 5.56 Å². The number of benzene rings is 1. The van der Waals surface area contributed by atoms with Gasteiger partial charge in [0.1, 0.15) is 0 Å². The van der Waals surface area contributed by atoms with E-state index in [0.717, 1.165) is 61.2 Å². The highest BCUT2D eigenvalue weighted by atomic mass is 32.2. The third kappa shape index (κ3) is 4.62. The topological polar surface area (TPSA) is 95.2 Å². The molecule has 1 aromatic heterocycles. The largest absolute Gasteiger partial charge is 0.416 e. The molecule has 1 fully saturated rings. The number of fused-ring (bicyclic) bond motifs is 1. The number of aryl methyl sites for hydroxylation is 1. The van der Waals surface area contributed by atoms with Gasteiger partial charge in [-0.1, -0.05) is 0 Å². The maximum absolute atomic E-state index is 12.8. The average molecular weight is 456 g/mol. The molecule has 2 N–H and O–H groups in total. The molecular formula is C20H23F3N4O3S. The third-order valence-electron chi connectivity index (χ3n) is 5.81. The van der Waals surface area contributed by atoms with Crippen molar-refractivity contribution >= 4 is 16.0 Å². The minimum absolute atomic E-state index is 0.0659. The van der Waals surface area contributed by atoms with Gasteiger partial charge in [0.15, 0.2) is 0 Å². The van der Waals surface area contributed by atoms with Crippen molar-refractivity contribution in [3.05, 3.63) is 51.4 Å². The van der Waals surface area contributed by atoms with Crippen LogP contribution in [0.1, 0.15) is 42.5 Å². The normalized spacial score (nSPS) is 18.5. The molecule has 1 aromatic carbocycles. The number of aromatic nitrogens is 2. The monoisotopic (exact) mass is 456 g/mol. The van der Waals surface area contributed by atoms with Crippen LogP contribution in [0.3, 0.4) is 0 Å². The number of alkyl halides is 3. The number of halogens is 3. The van der Waals surface area contributed by atoms with E-state index in [2.05, 4.69) is 15.3 Å². The molecule has 0 saturated carbocycles. The van der Waals surface area contributed by atoms with Gasteiger partial charge >= 0.3 is 6.18 Å². The van der Waals surface area contributed by atoms with Gasteiger partial charge in [-0.05, 0) is 62.8 Å². The minimum atomic E-state index is -4.52. The number of sulfonamides is 1. The predicted octanol–water partition coefficient (Wildman–Crippen LogP) is 2.93. The maximum Gasteiger partial charge on any atom is 0.416 e. The lowest BCUT2D eigenvalue weighted by atomic mass is 9.97. The Hall–Kier alpha value is -2.40. The number of piperidine rings is 1. The van der Waals surface area contributed by atoms with Crippen LogP contribution in [0, 0.1) is 0 Å². The molecule has 168 valence electrons. The summed E-state index contributed by atoms with van der Waals surface area (Å²) in [6.45, 7) is 0.437. The molecule has 11 heteroatoms. The lowest BCUT2D eigenvalue weighted by Gasteiger charge is -2.32. The lowest BCUT2D eigenvalue weighted by Crippen LogP contribution is -2.42. The predicted molar refractivity (Wildman–Crippen MR) is 108 cm³/mol. The molecular weight excluding hydrogens is 433 g/mol. The molecule has 0 spiro atoms. The van der Waals surface area contributed by atoms with E-state index in [4.69, 9.17) is 0 Å². The van der Waals surface area contributed by atoms with Crippen molar-refractivity contribution in [1.82, 2.24) is 14.3 Å². The van der Waals surface area contributed by atoms with Crippen molar-refractivity contribution < 1.29 is 21.6 Å². The van der Waals surface area contributed by atoms with Crippen molar-refractivity contribution in [1.29, 1.82) is 0 Å². The van der Waals surface area contributed by atoms with Gasteiger partial charge in [0.2, 0.25) is 16.0 Å². The first-order chi connectivity index (χ1) is 14.6. The number of nitrogens with zero attached hydrogens (tertiary/aromatic N) is 2. The van der Waals surface area contributed by atoms with Crippen LogP contribution in [0.2, 0.25) is 0 Å². The highest BCUT2D eigenvalue weighted by molar-refractivity contribution is 7.89. The molecule has 4 rings (SSSR count). The van der Waals surface area contributed by atoms with E-state index in [-0.39, 0.29) is 29.6 Å². The molecule has 7 nitrogen and oxygen atoms in total. The maximum atomic E-state index is 12.8. The van der Waals surface area contributed by atoms with Crippen LogP contribution in [0.4, 0.5) is 19.1 Å². The molecule has 31 heavy (non-hydrogen) atoms. The van der Waals surface area contributed by atoms with Gasteiger partial charge in [-0.25, -0.2) is 13.4 Å². The number of rotatable bonds is 4. The van der Waals surface area contributed by atoms with Crippen molar-refractivity contribution in [3.8, 4) is 0 Å². The second kappa shape index (κ2) is 8.27. The molecule has 0 unspecified atom stereocenters. The van der Waals surface area contributed by atoms with Crippen LogP contribution in [-0.4, -0.2) is 41.8 Å². The zero-order valence-corrected chi connectivity index (χ0v) is 17.5. The van der Waals surface area contributed by atoms with Crippen molar-refractivity contribution in [2.45, 2.75) is 55.6 Å². The molecule has 1 aliphatic carbocycles. The summed E-state index contributed by atoms with van der Waals surface area (Å²) >= 11 is 0. The smallest absolute Gasteiger partial charge is 0.353 e. The number of H-pyrrole nitrogens is 1. The average Bonchev–Trinajstić information content (AvgIpc) is 2.74. The molecule has 0 amide bonds. The Kier molecular flexibility index (Phi) is 5.82. The summed E-state index contributed by atoms with van der Waals surface area (Å²) in [7, 11) is -3.87. The van der Waals surface area contributed by atoms with E-state index < -0.39 is 21.8 Å². The number of hydrogen-bond acceptors (Lipinski definition) is 5. The minimum Gasteiger partial charge on any atom is -0.353 e. The zero-order chi connectivity index (χ0) is 22.2. The summed E-state index contributed by atoms with van der Waals surface area (Å²) in [5.74, 6) is 0.398. The summed E-state index contributed by atoms with van der Waals surface area (Å²) in [5.41, 5.74) is 0.546. The number of nitrogens with one attached hydrogen (secondary N) is 2. The van der Waals surface area contributed by atoms with Gasteiger partial charge < -0.3 is 5.32 Å². The van der Waals surface area contributed by atoms with E-state index in [1.54, 1.807) is 0 Å². The lowest BCUT2D eigenvalue weighted by molar-refractivity contribution is -0.137. The summed E-state index contributed by atoms with van der Waals surface area (Å²) in [5, 5.41) is 3.19. The molecule has 2 aromatic rings. The fraction of sp³-hybridized carbons (Fsp3) is 0.500. The molecule has 0 radical (unpaired) electrons. The number of anilines is 1. The molecule has 0 bridgehead atoms. The summed E-state index contributed by atoms with van der Waals surface area (Å²) in [6.07, 6.45) is -0.0469. The molecule has 1 aliphatic heterocycles. The SMILES string of the molecule is O=c1[nH]c(NC2CCN(S(=O)(=O)c3ccc(C(F)(F)F)cc3)CC2)nc2c1CCCC2. The van der Waals surface area contributed by atoms with Gasteiger partial charge in [-0.2, -0.15) is 17.5 Å². The Labute approximate surface area is 177 Å². The third-order valence-corrected chi connectivity index (χ3v) is 7.72. The van der Waals surface area contributed by atoms with E-state index in [9.17, 15) is 26.4 Å². The Morgan fingerprint density at radius 2 is 1.71 bits per heavy atom. The van der Waals surface area contributed by atoms with Crippen LogP contribution in [-0.2, 0) is 29.0 Å². The Bertz CT molecular complexity index is 1110. The fourth-order valence-corrected chi connectivity index (χ4v) is 5.54. The van der Waals surface area contributed by atoms with Gasteiger partial charge in [-0.3, -0.25) is 9.78 Å². The second-order valence-corrected chi connectivity index (χ2v) is 9.83. The fourth-order valence-electron chi connectivity index (χ4n) is 4.07. The van der Waals surface area contributed by atoms with E-state index >= 15 is 0 Å². The van der Waals surface area contributed by atoms with Crippen LogP contribution in [0.25, 0.3) is 0 Å². The Balaban J connectivity index is 1.40. The number of hydrogen-bond donors (Lipinski definition) is 2. The molecule has 2 aliphatic rings. The van der Waals surface area contributed by atoms with Crippen LogP contribution in [0.5, 0.6) is 0 Å². The van der Waals surface area contributed by atoms with Crippen LogP contribution in [0.15, 0.2) is 34.0 Å². The van der Waals surface area contributed by atoms with Crippen molar-refractivity contribution in [2.75, 3.05) is 18.4 Å². The molecule has 2 heterocycles. The summed E-state index contributed by atoms with van der Waals surface area (Å²) < 4.78 is 65.0. The van der Waals surface area contributed by atoms with Crippen molar-refractivity contribution in [3.63, 3.8) is 0 Å². The Morgan fingerprint density at radius 3 is 2.35 bits per heavy atom. The zero-order valence-electron chi connectivity index (χ0n) is 16.7. The van der Waals surface area contributed by atoms with E-state index in [1.807, 2.05) is 0 Å². The Morgan fingerprint density at radius 1 is 1.06 bits per heavy atom. The second-order valence-electron chi connectivity index (χ2n) is 7.89. The van der Waals surface area contributed by atoms with E-state index in [1.165, 1.54) is 4.31 Å². The summed E-state index contributed by atoms with van der Waals surface area (Å²) in [6, 6.07) is 3.47. The molecule has 0 atom stereocenters. The highest BCUT2D eigenvalue weighted by Gasteiger charge is 2.33. The quantitative estimate of drug-likeness (QED) is 0.738. The van der Waals surface area contributed by atoms with E-state index in [0.29, 0.717) is 18.8 Å². The standard InChI is InChI=1S/C20H23F3N4O3S/c21-20(22,23)13-5-7-15(8-6-13)31(29,30)27-11-9-14(10-12-27)24-19-25-17-4-2-1-3-16(17)18(28)26-19/h5-8,14H,1-4,9-12H2,(H2,24,25,26,28). The first-order valence-electron chi connectivity index (χ1n) is 10.2. The first kappa shape index (κ1) is 21.8. The van der Waals surface area contributed by atoms with Crippen LogP contribution >= 0.6 is 0 Å². The van der Waals surface area contributed by atoms with Crippen LogP contribution < -0.4 is 10.9 Å².